The van der Waals surface area contributed by atoms with Gasteiger partial charge in [-0.05, 0) is 0 Å². The molecule has 10 heteroatoms. The molecule has 0 aromatic rings. The largest absolute Gasteiger partial charge is 0.507 e. The fraction of sp³-hybridized carbons (Fsp3) is 0.625. The van der Waals surface area contributed by atoms with Gasteiger partial charge in [0, 0.05) is 7.05 Å². The first-order valence-corrected chi connectivity index (χ1v) is 4.85. The zero-order valence-corrected chi connectivity index (χ0v) is 9.35. The molecule has 1 rings (SSSR count). The van der Waals surface area contributed by atoms with Crippen LogP contribution in [0.25, 0.3) is 0 Å². The van der Waals surface area contributed by atoms with Crippen LogP contribution in [0.4, 0.5) is 4.79 Å². The lowest BCUT2D eigenvalue weighted by Crippen LogP contribution is -2.48. The molecule has 3 atom stereocenters. The second-order valence-electron chi connectivity index (χ2n) is 3.49. The van der Waals surface area contributed by atoms with Crippen LogP contribution in [0.1, 0.15) is 0 Å². The fourth-order valence-corrected chi connectivity index (χ4v) is 1.27. The van der Waals surface area contributed by atoms with E-state index in [9.17, 15) is 25.0 Å². The van der Waals surface area contributed by atoms with Crippen LogP contribution in [0.5, 0.6) is 0 Å². The number of urea groups is 1. The number of nitroso groups, excluding NO2 is 1. The van der Waals surface area contributed by atoms with Crippen LogP contribution in [0.15, 0.2) is 16.7 Å². The third-order valence-corrected chi connectivity index (χ3v) is 2.30. The second kappa shape index (κ2) is 5.73. The van der Waals surface area contributed by atoms with Crippen LogP contribution < -0.4 is 5.32 Å². The third-order valence-electron chi connectivity index (χ3n) is 2.30. The lowest BCUT2D eigenvalue weighted by molar-refractivity contribution is -0.175. The van der Waals surface area contributed by atoms with Crippen molar-refractivity contribution in [2.45, 2.75) is 18.5 Å². The number of hydrogen-bond donors (Lipinski definition) is 5. The number of nitrogens with zero attached hydrogens (tertiary/aromatic N) is 2. The van der Waals surface area contributed by atoms with Crippen molar-refractivity contribution in [1.82, 2.24) is 10.3 Å². The third kappa shape index (κ3) is 2.73. The molecule has 0 spiro atoms. The molecule has 0 bridgehead atoms. The van der Waals surface area contributed by atoms with Crippen LogP contribution in [-0.4, -0.2) is 63.6 Å². The molecule has 1 aliphatic heterocycles. The number of ether oxygens (including phenoxy) is 1. The van der Waals surface area contributed by atoms with Gasteiger partial charge in [-0.1, -0.05) is 0 Å². The maximum atomic E-state index is 11.3. The van der Waals surface area contributed by atoms with E-state index < -0.39 is 42.6 Å². The average Bonchev–Trinajstić information content (AvgIpc) is 2.37. The highest BCUT2D eigenvalue weighted by atomic mass is 16.6. The predicted octanol–water partition coefficient (Wildman–Crippen LogP) is -1.85. The molecule has 0 aromatic heterocycles. The van der Waals surface area contributed by atoms with Crippen molar-refractivity contribution in [2.24, 2.45) is 5.29 Å². The Labute approximate surface area is 101 Å². The average molecular weight is 263 g/mol. The summed E-state index contributed by atoms with van der Waals surface area (Å²) < 4.78 is 4.74. The van der Waals surface area contributed by atoms with Crippen LogP contribution in [0.2, 0.25) is 0 Å². The quantitative estimate of drug-likeness (QED) is 0.296. The van der Waals surface area contributed by atoms with Gasteiger partial charge in [-0.15, -0.1) is 4.91 Å². The summed E-state index contributed by atoms with van der Waals surface area (Å²) in [6.07, 6.45) is -4.58. The second-order valence-corrected chi connectivity index (χ2v) is 3.49. The number of carbonyl (C=O) groups is 1. The van der Waals surface area contributed by atoms with E-state index in [1.807, 2.05) is 5.32 Å². The molecule has 0 aromatic carbocycles. The smallest absolute Gasteiger partial charge is 0.344 e. The predicted molar refractivity (Wildman–Crippen MR) is 55.7 cm³/mol. The molecule has 0 saturated carbocycles. The van der Waals surface area contributed by atoms with Gasteiger partial charge in [0.05, 0.1) is 11.9 Å². The maximum absolute atomic E-state index is 11.3. The van der Waals surface area contributed by atoms with Crippen molar-refractivity contribution in [2.75, 3.05) is 13.7 Å². The summed E-state index contributed by atoms with van der Waals surface area (Å²) in [5, 5.41) is 41.9. The van der Waals surface area contributed by atoms with E-state index >= 15 is 0 Å². The first-order chi connectivity index (χ1) is 8.42. The number of amides is 2. The van der Waals surface area contributed by atoms with Gasteiger partial charge in [-0.3, -0.25) is 0 Å². The van der Waals surface area contributed by atoms with Crippen molar-refractivity contribution in [3.63, 3.8) is 0 Å². The van der Waals surface area contributed by atoms with E-state index in [2.05, 4.69) is 5.29 Å². The molecule has 0 fully saturated rings. The van der Waals surface area contributed by atoms with E-state index in [0.717, 1.165) is 7.05 Å². The number of hydrogen-bond acceptors (Lipinski definition) is 8. The van der Waals surface area contributed by atoms with Crippen molar-refractivity contribution < 1.29 is 30.0 Å². The molecule has 0 saturated heterocycles. The summed E-state index contributed by atoms with van der Waals surface area (Å²) in [5.41, 5.74) is -0.521. The Morgan fingerprint density at radius 2 is 2.17 bits per heavy atom. The van der Waals surface area contributed by atoms with Gasteiger partial charge >= 0.3 is 6.03 Å². The summed E-state index contributed by atoms with van der Waals surface area (Å²) >= 11 is 0. The highest BCUT2D eigenvalue weighted by Crippen LogP contribution is 2.21. The van der Waals surface area contributed by atoms with E-state index in [0.29, 0.717) is 5.01 Å². The first kappa shape index (κ1) is 14.3. The number of carbonyl (C=O) groups excluding carboxylic acids is 1. The van der Waals surface area contributed by atoms with Crippen molar-refractivity contribution in [3.8, 4) is 0 Å². The highest BCUT2D eigenvalue weighted by molar-refractivity contribution is 5.75. The number of aliphatic hydroxyl groups excluding tert-OH is 4. The van der Waals surface area contributed by atoms with Crippen LogP contribution >= 0.6 is 0 Å². The molecular weight excluding hydrogens is 250 g/mol. The first-order valence-electron chi connectivity index (χ1n) is 4.85. The Kier molecular flexibility index (Phi) is 4.55. The lowest BCUT2D eigenvalue weighted by Gasteiger charge is -2.32. The molecule has 18 heavy (non-hydrogen) atoms. The van der Waals surface area contributed by atoms with E-state index in [1.165, 1.54) is 0 Å². The zero-order chi connectivity index (χ0) is 13.9. The maximum Gasteiger partial charge on any atom is 0.344 e. The van der Waals surface area contributed by atoms with E-state index in [1.54, 1.807) is 0 Å². The number of nitrogens with one attached hydrogen (secondary N) is 1. The van der Waals surface area contributed by atoms with Gasteiger partial charge in [0.2, 0.25) is 6.29 Å². The van der Waals surface area contributed by atoms with Gasteiger partial charge in [-0.25, -0.2) is 4.79 Å². The Balaban J connectivity index is 2.89. The molecule has 0 aliphatic carbocycles. The lowest BCUT2D eigenvalue weighted by atomic mass is 10.1. The Hall–Kier alpha value is -1.75. The van der Waals surface area contributed by atoms with Crippen LogP contribution in [-0.2, 0) is 4.74 Å². The topological polar surface area (TPSA) is 152 Å². The molecule has 102 valence electrons. The van der Waals surface area contributed by atoms with Gasteiger partial charge in [0.1, 0.15) is 23.7 Å². The summed E-state index contributed by atoms with van der Waals surface area (Å²) in [5.74, 6) is -0.763. The molecule has 1 unspecified atom stereocenters. The van der Waals surface area contributed by atoms with Crippen molar-refractivity contribution >= 4 is 6.03 Å². The minimum absolute atomic E-state index is 0.373. The number of rotatable bonds is 3. The number of aliphatic hydroxyl groups is 4. The summed E-state index contributed by atoms with van der Waals surface area (Å²) in [6.45, 7) is -0.640. The highest BCUT2D eigenvalue weighted by Gasteiger charge is 2.37. The summed E-state index contributed by atoms with van der Waals surface area (Å²) in [7, 11) is 1.04. The van der Waals surface area contributed by atoms with Gasteiger partial charge in [0.25, 0.3) is 0 Å². The SMILES string of the molecule is CN(N=O)C(=O)NC1=C(O)[C@@H](O)C(CO)O[C@H]1O. The summed E-state index contributed by atoms with van der Waals surface area (Å²) in [4.78, 5) is 21.3. The molecule has 5 N–H and O–H groups in total. The van der Waals surface area contributed by atoms with Crippen molar-refractivity contribution in [3.05, 3.63) is 16.4 Å². The molecule has 1 heterocycles. The molecule has 10 nitrogen and oxygen atoms in total. The standard InChI is InChI=1S/C8H13N3O7/c1-11(10-17)8(16)9-4-6(14)5(13)3(2-12)18-7(4)15/h3,5,7,12-15H,2H2,1H3,(H,9,16)/t3?,5-,7+/m0/s1. The molecule has 2 amide bonds. The van der Waals surface area contributed by atoms with E-state index in [-0.39, 0.29) is 0 Å². The van der Waals surface area contributed by atoms with Crippen LogP contribution in [0, 0.1) is 4.91 Å². The fourth-order valence-electron chi connectivity index (χ4n) is 1.27. The van der Waals surface area contributed by atoms with Gasteiger partial charge in [0.15, 0.2) is 0 Å². The van der Waals surface area contributed by atoms with E-state index in [4.69, 9.17) is 9.84 Å². The Morgan fingerprint density at radius 1 is 1.56 bits per heavy atom. The Bertz CT molecular complexity index is 372. The molecule has 0 radical (unpaired) electrons. The minimum Gasteiger partial charge on any atom is -0.507 e. The van der Waals surface area contributed by atoms with Crippen LogP contribution in [0.3, 0.4) is 0 Å². The van der Waals surface area contributed by atoms with Gasteiger partial charge in [-0.2, -0.15) is 5.01 Å². The zero-order valence-electron chi connectivity index (χ0n) is 9.35. The monoisotopic (exact) mass is 263 g/mol. The minimum atomic E-state index is -1.76. The molecule has 1 aliphatic rings. The summed E-state index contributed by atoms with van der Waals surface area (Å²) in [6, 6.07) is -1.04. The van der Waals surface area contributed by atoms with Crippen molar-refractivity contribution in [1.29, 1.82) is 0 Å². The Morgan fingerprint density at radius 3 is 2.67 bits per heavy atom. The normalized spacial score (nSPS) is 27.9. The van der Waals surface area contributed by atoms with Gasteiger partial charge < -0.3 is 30.5 Å². The molecular formula is C8H13N3O7.